The van der Waals surface area contributed by atoms with Gasteiger partial charge in [0.1, 0.15) is 17.1 Å². The largest absolute Gasteiger partial charge is 0.477 e. The zero-order chi connectivity index (χ0) is 17.4. The Hall–Kier alpha value is -2.05. The topological polar surface area (TPSA) is 69.6 Å². The summed E-state index contributed by atoms with van der Waals surface area (Å²) < 4.78 is 0. The molecule has 4 rings (SSSR count). The molecule has 1 amide bonds. The lowest BCUT2D eigenvalue weighted by molar-refractivity contribution is -0.149. The molecule has 2 atom stereocenters. The molecule has 0 radical (unpaired) electrons. The Morgan fingerprint density at radius 1 is 1.32 bits per heavy atom. The third kappa shape index (κ3) is 3.24. The number of thioether (sulfide) groups is 1. The fourth-order valence-electron chi connectivity index (χ4n) is 3.19. The van der Waals surface area contributed by atoms with Crippen LogP contribution < -0.4 is 5.32 Å². The molecular weight excluding hydrogens is 336 g/mol. The summed E-state index contributed by atoms with van der Waals surface area (Å²) in [6, 6.07) is 9.57. The summed E-state index contributed by atoms with van der Waals surface area (Å²) in [6.07, 6.45) is 6.34. The highest BCUT2D eigenvalue weighted by atomic mass is 32.2. The van der Waals surface area contributed by atoms with E-state index in [2.05, 4.69) is 11.4 Å². The molecule has 6 heteroatoms. The van der Waals surface area contributed by atoms with E-state index in [1.165, 1.54) is 17.7 Å². The van der Waals surface area contributed by atoms with Crippen molar-refractivity contribution in [3.63, 3.8) is 0 Å². The lowest BCUT2D eigenvalue weighted by Gasteiger charge is -2.49. The van der Waals surface area contributed by atoms with Gasteiger partial charge in [-0.3, -0.25) is 15.0 Å². The van der Waals surface area contributed by atoms with Gasteiger partial charge in [0, 0.05) is 12.3 Å². The Morgan fingerprint density at radius 2 is 2.08 bits per heavy atom. The number of carboxylic acid groups (broad SMARTS) is 1. The Labute approximate surface area is 150 Å². The highest BCUT2D eigenvalue weighted by Gasteiger charge is 2.53. The first-order valence-corrected chi connectivity index (χ1v) is 9.56. The van der Waals surface area contributed by atoms with Gasteiger partial charge < -0.3 is 5.11 Å². The molecule has 1 saturated heterocycles. The maximum atomic E-state index is 12.6. The summed E-state index contributed by atoms with van der Waals surface area (Å²) >= 11 is 1.63. The van der Waals surface area contributed by atoms with Gasteiger partial charge in [0.05, 0.1) is 0 Å². The molecule has 5 nitrogen and oxygen atoms in total. The third-order valence-corrected chi connectivity index (χ3v) is 6.06. The molecule has 2 N–H and O–H groups in total. The van der Waals surface area contributed by atoms with E-state index in [-0.39, 0.29) is 23.0 Å². The lowest BCUT2D eigenvalue weighted by Crippen LogP contribution is -2.69. The lowest BCUT2D eigenvalue weighted by atomic mass is 10.0. The van der Waals surface area contributed by atoms with Crippen LogP contribution in [0.5, 0.6) is 0 Å². The number of hydrogen-bond acceptors (Lipinski definition) is 4. The average molecular weight is 356 g/mol. The van der Waals surface area contributed by atoms with Crippen molar-refractivity contribution in [2.24, 2.45) is 5.92 Å². The second-order valence-electron chi connectivity index (χ2n) is 6.63. The molecule has 2 unspecified atom stereocenters. The Bertz CT molecular complexity index is 755. The quantitative estimate of drug-likeness (QED) is 0.766. The summed E-state index contributed by atoms with van der Waals surface area (Å²) in [6.45, 7) is 0.600. The van der Waals surface area contributed by atoms with Crippen LogP contribution in [0.15, 0.2) is 53.8 Å². The number of hydrogen-bond donors (Lipinski definition) is 2. The number of benzene rings is 1. The first kappa shape index (κ1) is 16.4. The monoisotopic (exact) mass is 356 g/mol. The molecule has 1 aromatic carbocycles. The number of carbonyl (C=O) groups excluding carboxylic acids is 1. The second kappa shape index (κ2) is 6.69. The van der Waals surface area contributed by atoms with Gasteiger partial charge in [0.15, 0.2) is 0 Å². The summed E-state index contributed by atoms with van der Waals surface area (Å²) in [5.74, 6) is 0.0409. The fourth-order valence-corrected chi connectivity index (χ4v) is 4.54. The number of fused-ring (bicyclic) bond motifs is 1. The number of nitrogens with zero attached hydrogens (tertiary/aromatic N) is 1. The van der Waals surface area contributed by atoms with Crippen LogP contribution in [0, 0.1) is 5.92 Å². The SMILES string of the molecule is O=C(O)C1=C(C=CC2CC2)CSC2C(NCc3ccccc3)C(=O)N12. The molecule has 3 aliphatic rings. The summed E-state index contributed by atoms with van der Waals surface area (Å²) in [5, 5.41) is 12.7. The van der Waals surface area contributed by atoms with E-state index < -0.39 is 5.97 Å². The van der Waals surface area contributed by atoms with Gasteiger partial charge in [-0.2, -0.15) is 0 Å². The molecule has 0 aromatic heterocycles. The van der Waals surface area contributed by atoms with E-state index in [0.29, 0.717) is 18.2 Å². The van der Waals surface area contributed by atoms with Crippen molar-refractivity contribution < 1.29 is 14.7 Å². The maximum absolute atomic E-state index is 12.6. The van der Waals surface area contributed by atoms with E-state index in [0.717, 1.165) is 11.1 Å². The van der Waals surface area contributed by atoms with Gasteiger partial charge in [-0.15, -0.1) is 11.8 Å². The molecule has 1 aliphatic carbocycles. The van der Waals surface area contributed by atoms with Gasteiger partial charge >= 0.3 is 5.97 Å². The minimum atomic E-state index is -1.02. The van der Waals surface area contributed by atoms with Crippen LogP contribution in [0.4, 0.5) is 0 Å². The van der Waals surface area contributed by atoms with E-state index in [1.54, 1.807) is 11.8 Å². The van der Waals surface area contributed by atoms with Crippen LogP contribution in [0.2, 0.25) is 0 Å². The van der Waals surface area contributed by atoms with Gasteiger partial charge in [-0.1, -0.05) is 42.5 Å². The molecule has 0 bridgehead atoms. The van der Waals surface area contributed by atoms with E-state index in [1.807, 2.05) is 36.4 Å². The first-order valence-electron chi connectivity index (χ1n) is 8.52. The van der Waals surface area contributed by atoms with Crippen molar-refractivity contribution in [1.82, 2.24) is 10.2 Å². The van der Waals surface area contributed by atoms with Crippen LogP contribution in [-0.4, -0.2) is 39.1 Å². The average Bonchev–Trinajstić information content (AvgIpc) is 3.44. The molecule has 1 saturated carbocycles. The second-order valence-corrected chi connectivity index (χ2v) is 7.73. The van der Waals surface area contributed by atoms with E-state index >= 15 is 0 Å². The zero-order valence-corrected chi connectivity index (χ0v) is 14.5. The Kier molecular flexibility index (Phi) is 4.39. The number of carbonyl (C=O) groups is 2. The van der Waals surface area contributed by atoms with Crippen molar-refractivity contribution in [3.8, 4) is 0 Å². The predicted octanol–water partition coefficient (Wildman–Crippen LogP) is 2.36. The van der Waals surface area contributed by atoms with Gasteiger partial charge in [0.2, 0.25) is 5.91 Å². The molecule has 2 heterocycles. The minimum absolute atomic E-state index is 0.139. The fraction of sp³-hybridized carbons (Fsp3) is 0.368. The van der Waals surface area contributed by atoms with E-state index in [9.17, 15) is 14.7 Å². The number of nitrogens with one attached hydrogen (secondary N) is 1. The number of aliphatic carboxylic acids is 1. The summed E-state index contributed by atoms with van der Waals surface area (Å²) in [4.78, 5) is 25.7. The minimum Gasteiger partial charge on any atom is -0.477 e. The normalized spacial score (nSPS) is 25.9. The first-order chi connectivity index (χ1) is 12.1. The molecular formula is C19H20N2O3S. The van der Waals surface area contributed by atoms with Crippen molar-refractivity contribution >= 4 is 23.6 Å². The Balaban J connectivity index is 1.48. The number of carboxylic acids is 1. The smallest absolute Gasteiger partial charge is 0.352 e. The number of allylic oxidation sites excluding steroid dienone is 2. The maximum Gasteiger partial charge on any atom is 0.352 e. The molecule has 2 aliphatic heterocycles. The van der Waals surface area contributed by atoms with Crippen molar-refractivity contribution in [2.45, 2.75) is 30.8 Å². The molecule has 25 heavy (non-hydrogen) atoms. The van der Waals surface area contributed by atoms with Crippen LogP contribution in [0.3, 0.4) is 0 Å². The number of rotatable bonds is 6. The van der Waals surface area contributed by atoms with Crippen molar-refractivity contribution in [3.05, 3.63) is 59.3 Å². The number of amides is 1. The molecule has 0 spiro atoms. The van der Waals surface area contributed by atoms with Gasteiger partial charge in [-0.25, -0.2) is 4.79 Å². The summed E-state index contributed by atoms with van der Waals surface area (Å²) in [5.41, 5.74) is 2.01. The predicted molar refractivity (Wildman–Crippen MR) is 96.7 cm³/mol. The van der Waals surface area contributed by atoms with Gasteiger partial charge in [-0.05, 0) is 29.9 Å². The van der Waals surface area contributed by atoms with Gasteiger partial charge in [0.25, 0.3) is 0 Å². The number of β-lactam (4-membered cyclic amide) rings is 1. The molecule has 130 valence electrons. The van der Waals surface area contributed by atoms with Crippen LogP contribution in [0.25, 0.3) is 0 Å². The summed E-state index contributed by atoms with van der Waals surface area (Å²) in [7, 11) is 0. The third-order valence-electron chi connectivity index (χ3n) is 4.76. The van der Waals surface area contributed by atoms with Crippen molar-refractivity contribution in [2.75, 3.05) is 5.75 Å². The van der Waals surface area contributed by atoms with E-state index in [4.69, 9.17) is 0 Å². The highest BCUT2D eigenvalue weighted by Crippen LogP contribution is 2.41. The van der Waals surface area contributed by atoms with Crippen molar-refractivity contribution in [1.29, 1.82) is 0 Å². The molecule has 2 fully saturated rings. The molecule has 1 aromatic rings. The van der Waals surface area contributed by atoms with Crippen LogP contribution in [-0.2, 0) is 16.1 Å². The van der Waals surface area contributed by atoms with Crippen LogP contribution in [0.1, 0.15) is 18.4 Å². The highest BCUT2D eigenvalue weighted by molar-refractivity contribution is 8.00. The zero-order valence-electron chi connectivity index (χ0n) is 13.7. The van der Waals surface area contributed by atoms with Crippen LogP contribution >= 0.6 is 11.8 Å². The standard InChI is InChI=1S/C19H20N2O3S/c22-17-15(20-10-13-4-2-1-3-5-13)18-21(17)16(19(23)24)14(11-25-18)9-8-12-6-7-12/h1-5,8-9,12,15,18,20H,6-7,10-11H2,(H,23,24). The Morgan fingerprint density at radius 3 is 2.76 bits per heavy atom.